The van der Waals surface area contributed by atoms with Crippen molar-refractivity contribution in [1.82, 2.24) is 10.2 Å². The monoisotopic (exact) mass is 242 g/mol. The lowest BCUT2D eigenvalue weighted by Gasteiger charge is -2.45. The molecule has 1 aliphatic carbocycles. The van der Waals surface area contributed by atoms with Gasteiger partial charge in [-0.1, -0.05) is 12.8 Å². The lowest BCUT2D eigenvalue weighted by molar-refractivity contribution is 0.0147. The van der Waals surface area contributed by atoms with E-state index in [4.69, 9.17) is 9.47 Å². The van der Waals surface area contributed by atoms with E-state index < -0.39 is 0 Å². The van der Waals surface area contributed by atoms with Gasteiger partial charge in [0.2, 0.25) is 0 Å². The minimum Gasteiger partial charge on any atom is -0.382 e. The number of ether oxygens (including phenoxy) is 2. The maximum Gasteiger partial charge on any atom is 0.0700 e. The number of nitrogens with one attached hydrogen (secondary N) is 1. The molecule has 0 aromatic rings. The van der Waals surface area contributed by atoms with Crippen LogP contribution in [-0.4, -0.2) is 63.5 Å². The molecule has 2 aliphatic rings. The Bertz CT molecular complexity index is 217. The van der Waals surface area contributed by atoms with Gasteiger partial charge in [0.15, 0.2) is 0 Å². The van der Waals surface area contributed by atoms with E-state index in [1.54, 1.807) is 7.11 Å². The van der Waals surface area contributed by atoms with E-state index in [-0.39, 0.29) is 0 Å². The first-order chi connectivity index (χ1) is 8.37. The molecule has 1 aliphatic heterocycles. The largest absolute Gasteiger partial charge is 0.382 e. The summed E-state index contributed by atoms with van der Waals surface area (Å²) in [5.74, 6) is 0. The maximum absolute atomic E-state index is 5.59. The quantitative estimate of drug-likeness (QED) is 0.701. The first kappa shape index (κ1) is 13.3. The highest BCUT2D eigenvalue weighted by molar-refractivity contribution is 4.99. The molecule has 0 atom stereocenters. The standard InChI is InChI=1S/C13H26N2O2/c1-16-10-11-17-9-8-15-7-6-14-12-13(15)4-2-3-5-13/h14H,2-12H2,1H3. The smallest absolute Gasteiger partial charge is 0.0700 e. The fourth-order valence-electron chi connectivity index (χ4n) is 3.18. The van der Waals surface area contributed by atoms with Crippen molar-refractivity contribution in [3.05, 3.63) is 0 Å². The van der Waals surface area contributed by atoms with Gasteiger partial charge in [-0.3, -0.25) is 4.90 Å². The van der Waals surface area contributed by atoms with Crippen molar-refractivity contribution >= 4 is 0 Å². The zero-order valence-electron chi connectivity index (χ0n) is 11.0. The van der Waals surface area contributed by atoms with E-state index in [1.165, 1.54) is 38.8 Å². The molecule has 1 saturated heterocycles. The topological polar surface area (TPSA) is 33.7 Å². The molecule has 0 aromatic heterocycles. The minimum absolute atomic E-state index is 0.447. The summed E-state index contributed by atoms with van der Waals surface area (Å²) >= 11 is 0. The molecule has 0 amide bonds. The van der Waals surface area contributed by atoms with Crippen molar-refractivity contribution in [3.63, 3.8) is 0 Å². The van der Waals surface area contributed by atoms with Gasteiger partial charge in [0.1, 0.15) is 0 Å². The molecule has 1 heterocycles. The summed E-state index contributed by atoms with van der Waals surface area (Å²) in [6.45, 7) is 6.80. The molecule has 2 fully saturated rings. The summed E-state index contributed by atoms with van der Waals surface area (Å²) in [6.07, 6.45) is 5.50. The van der Waals surface area contributed by atoms with Gasteiger partial charge in [-0.15, -0.1) is 0 Å². The van der Waals surface area contributed by atoms with Crippen LogP contribution in [0.4, 0.5) is 0 Å². The fraction of sp³-hybridized carbons (Fsp3) is 1.00. The second kappa shape index (κ2) is 6.69. The first-order valence-corrected chi connectivity index (χ1v) is 6.90. The molecule has 0 aromatic carbocycles. The molecule has 4 heteroatoms. The lowest BCUT2D eigenvalue weighted by atomic mass is 9.93. The van der Waals surface area contributed by atoms with Crippen molar-refractivity contribution in [3.8, 4) is 0 Å². The van der Waals surface area contributed by atoms with Crippen LogP contribution >= 0.6 is 0 Å². The summed E-state index contributed by atoms with van der Waals surface area (Å²) in [4.78, 5) is 2.66. The summed E-state index contributed by atoms with van der Waals surface area (Å²) in [5, 5.41) is 3.56. The SMILES string of the molecule is COCCOCCN1CCNCC12CCCC2. The number of methoxy groups -OCH3 is 1. The highest BCUT2D eigenvalue weighted by Gasteiger charge is 2.40. The molecule has 0 bridgehead atoms. The Morgan fingerprint density at radius 3 is 2.76 bits per heavy atom. The van der Waals surface area contributed by atoms with E-state index in [0.717, 1.165) is 26.3 Å². The molecule has 1 spiro atoms. The summed E-state index contributed by atoms with van der Waals surface area (Å²) in [6, 6.07) is 0. The van der Waals surface area contributed by atoms with Gasteiger partial charge in [-0.2, -0.15) is 0 Å². The van der Waals surface area contributed by atoms with Crippen LogP contribution in [0.2, 0.25) is 0 Å². The Hall–Kier alpha value is -0.160. The van der Waals surface area contributed by atoms with Crippen LogP contribution in [-0.2, 0) is 9.47 Å². The Balaban J connectivity index is 1.73. The molecule has 1 saturated carbocycles. The van der Waals surface area contributed by atoms with Gasteiger partial charge in [0.05, 0.1) is 19.8 Å². The number of hydrogen-bond acceptors (Lipinski definition) is 4. The highest BCUT2D eigenvalue weighted by Crippen LogP contribution is 2.35. The maximum atomic E-state index is 5.59. The summed E-state index contributed by atoms with van der Waals surface area (Å²) < 4.78 is 10.6. The lowest BCUT2D eigenvalue weighted by Crippen LogP contribution is -2.60. The Morgan fingerprint density at radius 2 is 2.00 bits per heavy atom. The zero-order chi connectivity index (χ0) is 12.0. The molecule has 100 valence electrons. The van der Waals surface area contributed by atoms with Crippen LogP contribution in [0.1, 0.15) is 25.7 Å². The highest BCUT2D eigenvalue weighted by atomic mass is 16.5. The molecule has 0 radical (unpaired) electrons. The Kier molecular flexibility index (Phi) is 5.22. The normalized spacial score (nSPS) is 24.5. The van der Waals surface area contributed by atoms with Gasteiger partial charge < -0.3 is 14.8 Å². The van der Waals surface area contributed by atoms with Crippen LogP contribution in [0.15, 0.2) is 0 Å². The molecule has 1 N–H and O–H groups in total. The number of hydrogen-bond donors (Lipinski definition) is 1. The van der Waals surface area contributed by atoms with E-state index in [2.05, 4.69) is 10.2 Å². The van der Waals surface area contributed by atoms with Crippen molar-refractivity contribution in [2.75, 3.05) is 53.1 Å². The Morgan fingerprint density at radius 1 is 1.18 bits per heavy atom. The second-order valence-corrected chi connectivity index (χ2v) is 5.20. The van der Waals surface area contributed by atoms with Crippen LogP contribution in [0.3, 0.4) is 0 Å². The minimum atomic E-state index is 0.447. The third-order valence-electron chi connectivity index (χ3n) is 4.15. The van der Waals surface area contributed by atoms with E-state index in [9.17, 15) is 0 Å². The molecule has 17 heavy (non-hydrogen) atoms. The third kappa shape index (κ3) is 3.41. The Labute approximate surface area is 105 Å². The van der Waals surface area contributed by atoms with Gasteiger partial charge >= 0.3 is 0 Å². The number of piperazine rings is 1. The molecule has 0 unspecified atom stereocenters. The summed E-state index contributed by atoms with van der Waals surface area (Å²) in [5.41, 5.74) is 0.447. The van der Waals surface area contributed by atoms with Crippen molar-refractivity contribution in [2.24, 2.45) is 0 Å². The van der Waals surface area contributed by atoms with Crippen LogP contribution in [0, 0.1) is 0 Å². The first-order valence-electron chi connectivity index (χ1n) is 6.90. The predicted molar refractivity (Wildman–Crippen MR) is 68.3 cm³/mol. The number of rotatable bonds is 6. The number of nitrogens with zero attached hydrogens (tertiary/aromatic N) is 1. The van der Waals surface area contributed by atoms with Crippen LogP contribution < -0.4 is 5.32 Å². The van der Waals surface area contributed by atoms with Crippen molar-refractivity contribution in [2.45, 2.75) is 31.2 Å². The van der Waals surface area contributed by atoms with Crippen LogP contribution in [0.25, 0.3) is 0 Å². The molecule has 2 rings (SSSR count). The van der Waals surface area contributed by atoms with Gasteiger partial charge in [-0.05, 0) is 12.8 Å². The average molecular weight is 242 g/mol. The molecule has 4 nitrogen and oxygen atoms in total. The molecular weight excluding hydrogens is 216 g/mol. The van der Waals surface area contributed by atoms with E-state index >= 15 is 0 Å². The summed E-state index contributed by atoms with van der Waals surface area (Å²) in [7, 11) is 1.72. The van der Waals surface area contributed by atoms with Gasteiger partial charge in [-0.25, -0.2) is 0 Å². The fourth-order valence-corrected chi connectivity index (χ4v) is 3.18. The van der Waals surface area contributed by atoms with Crippen molar-refractivity contribution in [1.29, 1.82) is 0 Å². The van der Waals surface area contributed by atoms with Gasteiger partial charge in [0.25, 0.3) is 0 Å². The van der Waals surface area contributed by atoms with Gasteiger partial charge in [0, 0.05) is 38.8 Å². The van der Waals surface area contributed by atoms with E-state index in [0.29, 0.717) is 12.1 Å². The second-order valence-electron chi connectivity index (χ2n) is 5.20. The average Bonchev–Trinajstić information content (AvgIpc) is 2.81. The third-order valence-corrected chi connectivity index (χ3v) is 4.15. The van der Waals surface area contributed by atoms with E-state index in [1.807, 2.05) is 0 Å². The van der Waals surface area contributed by atoms with Crippen molar-refractivity contribution < 1.29 is 9.47 Å². The molecular formula is C13H26N2O2. The zero-order valence-corrected chi connectivity index (χ0v) is 11.0. The predicted octanol–water partition coefficient (Wildman–Crippen LogP) is 0.867. The van der Waals surface area contributed by atoms with Crippen LogP contribution in [0.5, 0.6) is 0 Å².